The van der Waals surface area contributed by atoms with E-state index in [1.807, 2.05) is 18.7 Å². The Morgan fingerprint density at radius 3 is 2.70 bits per heavy atom. The number of rotatable bonds is 3. The van der Waals surface area contributed by atoms with Crippen molar-refractivity contribution in [3.8, 4) is 0 Å². The summed E-state index contributed by atoms with van der Waals surface area (Å²) in [4.78, 5) is 0. The molecule has 1 aliphatic rings. The molecule has 1 heterocycles. The van der Waals surface area contributed by atoms with E-state index in [1.54, 1.807) is 0 Å². The number of fused-ring (bicyclic) bond motifs is 1. The van der Waals surface area contributed by atoms with Crippen LogP contribution < -0.4 is 5.73 Å². The minimum Gasteiger partial charge on any atom is -0.324 e. The summed E-state index contributed by atoms with van der Waals surface area (Å²) in [6.45, 7) is 4.14. The maximum absolute atomic E-state index is 6.43. The van der Waals surface area contributed by atoms with Crippen molar-refractivity contribution in [2.45, 2.75) is 45.6 Å². The predicted octanol–water partition coefficient (Wildman–Crippen LogP) is 2.77. The van der Waals surface area contributed by atoms with Gasteiger partial charge in [0.15, 0.2) is 0 Å². The van der Waals surface area contributed by atoms with E-state index in [2.05, 4.69) is 30.2 Å². The van der Waals surface area contributed by atoms with Gasteiger partial charge in [0.1, 0.15) is 0 Å². The summed E-state index contributed by atoms with van der Waals surface area (Å²) in [6.07, 6.45) is 4.65. The zero-order chi connectivity index (χ0) is 14.3. The molecule has 0 aliphatic heterocycles. The van der Waals surface area contributed by atoms with Gasteiger partial charge in [0.2, 0.25) is 0 Å². The third-order valence-corrected chi connectivity index (χ3v) is 4.55. The molecule has 20 heavy (non-hydrogen) atoms. The molecule has 3 rings (SSSR count). The van der Waals surface area contributed by atoms with Gasteiger partial charge >= 0.3 is 0 Å². The third kappa shape index (κ3) is 2.27. The summed E-state index contributed by atoms with van der Waals surface area (Å²) in [6, 6.07) is 6.91. The van der Waals surface area contributed by atoms with Crippen molar-refractivity contribution in [1.29, 1.82) is 0 Å². The van der Waals surface area contributed by atoms with Crippen molar-refractivity contribution in [2.75, 3.05) is 0 Å². The first-order chi connectivity index (χ1) is 9.56. The van der Waals surface area contributed by atoms with Crippen molar-refractivity contribution in [3.63, 3.8) is 0 Å². The van der Waals surface area contributed by atoms with Crippen molar-refractivity contribution in [3.05, 3.63) is 51.8 Å². The van der Waals surface area contributed by atoms with E-state index < -0.39 is 0 Å². The fourth-order valence-corrected chi connectivity index (χ4v) is 3.43. The lowest BCUT2D eigenvalue weighted by atomic mass is 9.96. The average molecular weight is 269 g/mol. The van der Waals surface area contributed by atoms with Gasteiger partial charge in [0.05, 0.1) is 5.69 Å². The van der Waals surface area contributed by atoms with Crippen LogP contribution in [0.2, 0.25) is 0 Å². The van der Waals surface area contributed by atoms with Gasteiger partial charge in [-0.05, 0) is 56.2 Å². The van der Waals surface area contributed by atoms with E-state index in [0.717, 1.165) is 12.1 Å². The van der Waals surface area contributed by atoms with Gasteiger partial charge < -0.3 is 5.73 Å². The summed E-state index contributed by atoms with van der Waals surface area (Å²) in [5, 5.41) is 4.47. The first-order valence-electron chi connectivity index (χ1n) is 7.42. The van der Waals surface area contributed by atoms with Crippen LogP contribution in [-0.4, -0.2) is 9.78 Å². The number of aromatic nitrogens is 2. The van der Waals surface area contributed by atoms with Crippen LogP contribution in [0, 0.1) is 13.8 Å². The summed E-state index contributed by atoms with van der Waals surface area (Å²) >= 11 is 0. The van der Waals surface area contributed by atoms with Gasteiger partial charge in [0, 0.05) is 24.3 Å². The molecular weight excluding hydrogens is 246 g/mol. The molecule has 0 fully saturated rings. The molecule has 1 atom stereocenters. The van der Waals surface area contributed by atoms with Crippen molar-refractivity contribution in [1.82, 2.24) is 9.78 Å². The molecule has 1 unspecified atom stereocenters. The standard InChI is InChI=1S/C17H23N3/c1-11-17(12(2)20(3)19-11)16(18)10-13-7-8-14-5-4-6-15(14)9-13/h7-9,16H,4-6,10,18H2,1-3H3. The van der Waals surface area contributed by atoms with Crippen LogP contribution >= 0.6 is 0 Å². The first kappa shape index (κ1) is 13.4. The second kappa shape index (κ2) is 5.06. The molecule has 2 aromatic rings. The van der Waals surface area contributed by atoms with Crippen LogP contribution in [0.15, 0.2) is 18.2 Å². The molecule has 106 valence electrons. The van der Waals surface area contributed by atoms with E-state index >= 15 is 0 Å². The molecule has 0 bridgehead atoms. The highest BCUT2D eigenvalue weighted by atomic mass is 15.3. The van der Waals surface area contributed by atoms with Gasteiger partial charge in [-0.3, -0.25) is 4.68 Å². The number of aryl methyl sites for hydroxylation is 4. The summed E-state index contributed by atoms with van der Waals surface area (Å²) in [5.41, 5.74) is 14.3. The summed E-state index contributed by atoms with van der Waals surface area (Å²) in [7, 11) is 1.98. The zero-order valence-corrected chi connectivity index (χ0v) is 12.6. The minimum atomic E-state index is 0.0307. The second-order valence-corrected chi connectivity index (χ2v) is 5.98. The van der Waals surface area contributed by atoms with Crippen molar-refractivity contribution < 1.29 is 0 Å². The van der Waals surface area contributed by atoms with Gasteiger partial charge in [-0.1, -0.05) is 18.2 Å². The highest BCUT2D eigenvalue weighted by Gasteiger charge is 2.18. The van der Waals surface area contributed by atoms with Crippen LogP contribution in [-0.2, 0) is 26.3 Å². The monoisotopic (exact) mass is 269 g/mol. The minimum absolute atomic E-state index is 0.0307. The topological polar surface area (TPSA) is 43.8 Å². The molecule has 2 N–H and O–H groups in total. The zero-order valence-electron chi connectivity index (χ0n) is 12.6. The maximum atomic E-state index is 6.43. The molecule has 0 amide bonds. The Morgan fingerprint density at radius 2 is 2.00 bits per heavy atom. The van der Waals surface area contributed by atoms with Gasteiger partial charge in [-0.15, -0.1) is 0 Å². The maximum Gasteiger partial charge on any atom is 0.0644 e. The van der Waals surface area contributed by atoms with Crippen LogP contribution in [0.5, 0.6) is 0 Å². The quantitative estimate of drug-likeness (QED) is 0.931. The van der Waals surface area contributed by atoms with Crippen LogP contribution in [0.1, 0.15) is 46.1 Å². The van der Waals surface area contributed by atoms with E-state index in [0.29, 0.717) is 0 Å². The highest BCUT2D eigenvalue weighted by Crippen LogP contribution is 2.26. The van der Waals surface area contributed by atoms with E-state index in [4.69, 9.17) is 5.73 Å². The number of hydrogen-bond donors (Lipinski definition) is 1. The van der Waals surface area contributed by atoms with Crippen LogP contribution in [0.4, 0.5) is 0 Å². The average Bonchev–Trinajstić information content (AvgIpc) is 2.94. The van der Waals surface area contributed by atoms with Crippen molar-refractivity contribution in [2.24, 2.45) is 12.8 Å². The predicted molar refractivity (Wildman–Crippen MR) is 81.8 cm³/mol. The Bertz CT molecular complexity index is 640. The first-order valence-corrected chi connectivity index (χ1v) is 7.42. The molecule has 0 saturated heterocycles. The lowest BCUT2D eigenvalue weighted by Gasteiger charge is -2.13. The molecule has 3 heteroatoms. The molecule has 3 nitrogen and oxygen atoms in total. The molecular formula is C17H23N3. The largest absolute Gasteiger partial charge is 0.324 e. The Labute approximate surface area is 120 Å². The lowest BCUT2D eigenvalue weighted by molar-refractivity contribution is 0.700. The number of nitrogens with two attached hydrogens (primary N) is 1. The van der Waals surface area contributed by atoms with Crippen LogP contribution in [0.3, 0.4) is 0 Å². The molecule has 1 aliphatic carbocycles. The summed E-state index contributed by atoms with van der Waals surface area (Å²) < 4.78 is 1.92. The van der Waals surface area contributed by atoms with Gasteiger partial charge in [-0.25, -0.2) is 0 Å². The smallest absolute Gasteiger partial charge is 0.0644 e. The van der Waals surface area contributed by atoms with Crippen LogP contribution in [0.25, 0.3) is 0 Å². The second-order valence-electron chi connectivity index (χ2n) is 5.98. The van der Waals surface area contributed by atoms with Gasteiger partial charge in [-0.2, -0.15) is 5.10 Å². The molecule has 0 saturated carbocycles. The Hall–Kier alpha value is -1.61. The fraction of sp³-hybridized carbons (Fsp3) is 0.471. The molecule has 0 spiro atoms. The Morgan fingerprint density at radius 1 is 1.25 bits per heavy atom. The van der Waals surface area contributed by atoms with E-state index in [9.17, 15) is 0 Å². The number of hydrogen-bond acceptors (Lipinski definition) is 2. The normalized spacial score (nSPS) is 15.4. The Kier molecular flexibility index (Phi) is 3.38. The fourth-order valence-electron chi connectivity index (χ4n) is 3.43. The molecule has 1 aromatic heterocycles. The van der Waals surface area contributed by atoms with Crippen molar-refractivity contribution >= 4 is 0 Å². The number of benzene rings is 1. The lowest BCUT2D eigenvalue weighted by Crippen LogP contribution is -2.15. The molecule has 1 aromatic carbocycles. The van der Waals surface area contributed by atoms with E-state index in [-0.39, 0.29) is 6.04 Å². The number of nitrogens with zero attached hydrogens (tertiary/aromatic N) is 2. The van der Waals surface area contributed by atoms with Gasteiger partial charge in [0.25, 0.3) is 0 Å². The molecule has 0 radical (unpaired) electrons. The highest BCUT2D eigenvalue weighted by molar-refractivity contribution is 5.37. The van der Waals surface area contributed by atoms with E-state index in [1.165, 1.54) is 47.2 Å². The summed E-state index contributed by atoms with van der Waals surface area (Å²) in [5.74, 6) is 0. The Balaban J connectivity index is 1.84. The SMILES string of the molecule is Cc1nn(C)c(C)c1C(N)Cc1ccc2c(c1)CCC2. The third-order valence-electron chi connectivity index (χ3n) is 4.55.